The summed E-state index contributed by atoms with van der Waals surface area (Å²) in [5, 5.41) is 10.1. The number of nitrogens with zero attached hydrogens (tertiary/aromatic N) is 3. The van der Waals surface area contributed by atoms with Crippen LogP contribution in [0.15, 0.2) is 30.5 Å². The number of amides is 1. The maximum Gasteiger partial charge on any atom is 0.323 e. The summed E-state index contributed by atoms with van der Waals surface area (Å²) in [6.07, 6.45) is 2.03. The van der Waals surface area contributed by atoms with Crippen LogP contribution in [0.1, 0.15) is 12.5 Å². The van der Waals surface area contributed by atoms with Gasteiger partial charge in [-0.2, -0.15) is 0 Å². The fourth-order valence-electron chi connectivity index (χ4n) is 3.17. The number of hydrogen-bond acceptors (Lipinski definition) is 3. The minimum absolute atomic E-state index is 0.112. The second-order valence-corrected chi connectivity index (χ2v) is 6.12. The zero-order valence-electron chi connectivity index (χ0n) is 13.4. The molecule has 6 heteroatoms. The fourth-order valence-corrected chi connectivity index (χ4v) is 3.17. The second kappa shape index (κ2) is 6.04. The lowest BCUT2D eigenvalue weighted by Gasteiger charge is -2.38. The van der Waals surface area contributed by atoms with Crippen molar-refractivity contribution in [3.63, 3.8) is 0 Å². The molecule has 0 aliphatic carbocycles. The molecule has 1 atom stereocenters. The molecule has 1 fully saturated rings. The van der Waals surface area contributed by atoms with Crippen LogP contribution in [-0.2, 0) is 23.2 Å². The summed E-state index contributed by atoms with van der Waals surface area (Å²) in [5.74, 6) is -1.08. The van der Waals surface area contributed by atoms with E-state index in [1.54, 1.807) is 0 Å². The molecule has 1 saturated heterocycles. The first-order valence-electron chi connectivity index (χ1n) is 7.74. The third kappa shape index (κ3) is 3.07. The lowest BCUT2D eigenvalue weighted by atomic mass is 10.1. The van der Waals surface area contributed by atoms with Crippen molar-refractivity contribution in [2.45, 2.75) is 19.5 Å². The summed E-state index contributed by atoms with van der Waals surface area (Å²) in [5.41, 5.74) is 2.35. The van der Waals surface area contributed by atoms with Gasteiger partial charge in [-0.1, -0.05) is 6.07 Å². The molecule has 0 bridgehead atoms. The fraction of sp³-hybridized carbons (Fsp3) is 0.412. The summed E-state index contributed by atoms with van der Waals surface area (Å²) in [6.45, 7) is 3.47. The molecule has 1 aromatic heterocycles. The molecular weight excluding hydrogens is 294 g/mol. The number of fused-ring (bicyclic) bond motifs is 1. The van der Waals surface area contributed by atoms with Gasteiger partial charge in [0.1, 0.15) is 6.54 Å². The highest BCUT2D eigenvalue weighted by Crippen LogP contribution is 2.20. The summed E-state index contributed by atoms with van der Waals surface area (Å²) in [7, 11) is 2.02. The van der Waals surface area contributed by atoms with Gasteiger partial charge in [0.15, 0.2) is 0 Å². The summed E-state index contributed by atoms with van der Waals surface area (Å²) in [4.78, 5) is 26.6. The molecule has 0 saturated carbocycles. The molecule has 23 heavy (non-hydrogen) atoms. The standard InChI is InChI=1S/C17H21N3O3/c1-12-17(23)20(11-16(21)22)8-7-19(12)10-13-3-4-15-14(9-13)5-6-18(15)2/h3-6,9,12H,7-8,10-11H2,1-2H3,(H,21,22). The quantitative estimate of drug-likeness (QED) is 0.923. The average Bonchev–Trinajstić information content (AvgIpc) is 2.87. The predicted molar refractivity (Wildman–Crippen MR) is 87.0 cm³/mol. The minimum atomic E-state index is -0.964. The van der Waals surface area contributed by atoms with Gasteiger partial charge in [0.05, 0.1) is 6.04 Å². The largest absolute Gasteiger partial charge is 0.480 e. The lowest BCUT2D eigenvalue weighted by Crippen LogP contribution is -2.56. The van der Waals surface area contributed by atoms with Crippen LogP contribution in [-0.4, -0.2) is 57.0 Å². The number of benzene rings is 1. The molecule has 1 aliphatic heterocycles. The Morgan fingerprint density at radius 3 is 2.83 bits per heavy atom. The van der Waals surface area contributed by atoms with Crippen LogP contribution in [0.25, 0.3) is 10.9 Å². The minimum Gasteiger partial charge on any atom is -0.480 e. The van der Waals surface area contributed by atoms with Crippen LogP contribution in [0.3, 0.4) is 0 Å². The van der Waals surface area contributed by atoms with E-state index in [1.165, 1.54) is 15.8 Å². The molecule has 1 aromatic carbocycles. The lowest BCUT2D eigenvalue weighted by molar-refractivity contribution is -0.150. The maximum atomic E-state index is 12.3. The molecule has 6 nitrogen and oxygen atoms in total. The molecule has 1 unspecified atom stereocenters. The molecule has 1 amide bonds. The van der Waals surface area contributed by atoms with Gasteiger partial charge in [0, 0.05) is 38.4 Å². The summed E-state index contributed by atoms with van der Waals surface area (Å²) >= 11 is 0. The number of aromatic nitrogens is 1. The highest BCUT2D eigenvalue weighted by atomic mass is 16.4. The van der Waals surface area contributed by atoms with Gasteiger partial charge in [-0.25, -0.2) is 0 Å². The van der Waals surface area contributed by atoms with Crippen LogP contribution < -0.4 is 0 Å². The Morgan fingerprint density at radius 2 is 2.09 bits per heavy atom. The van der Waals surface area contributed by atoms with E-state index in [4.69, 9.17) is 5.11 Å². The average molecular weight is 315 g/mol. The van der Waals surface area contributed by atoms with Gasteiger partial charge in [0.25, 0.3) is 0 Å². The van der Waals surface area contributed by atoms with E-state index < -0.39 is 5.97 Å². The SMILES string of the molecule is CC1C(=O)N(CC(=O)O)CCN1Cc1ccc2c(ccn2C)c1. The first kappa shape index (κ1) is 15.6. The van der Waals surface area contributed by atoms with Crippen molar-refractivity contribution in [2.75, 3.05) is 19.6 Å². The first-order chi connectivity index (χ1) is 11.0. The van der Waals surface area contributed by atoms with Gasteiger partial charge in [0.2, 0.25) is 5.91 Å². The van der Waals surface area contributed by atoms with Crippen molar-refractivity contribution in [3.05, 3.63) is 36.0 Å². The van der Waals surface area contributed by atoms with Gasteiger partial charge >= 0.3 is 5.97 Å². The number of carbonyl (C=O) groups excluding carboxylic acids is 1. The van der Waals surface area contributed by atoms with E-state index in [-0.39, 0.29) is 18.5 Å². The van der Waals surface area contributed by atoms with Crippen LogP contribution in [0.5, 0.6) is 0 Å². The number of aliphatic carboxylic acids is 1. The van der Waals surface area contributed by atoms with Gasteiger partial charge in [-0.05, 0) is 36.1 Å². The van der Waals surface area contributed by atoms with Crippen LogP contribution in [0.4, 0.5) is 0 Å². The van der Waals surface area contributed by atoms with E-state index in [0.29, 0.717) is 19.6 Å². The third-order valence-electron chi connectivity index (χ3n) is 4.54. The molecule has 2 aromatic rings. The maximum absolute atomic E-state index is 12.3. The zero-order valence-corrected chi connectivity index (χ0v) is 13.4. The molecule has 0 spiro atoms. The monoisotopic (exact) mass is 315 g/mol. The molecule has 1 aliphatic rings. The summed E-state index contributed by atoms with van der Waals surface area (Å²) in [6, 6.07) is 8.12. The number of rotatable bonds is 4. The van der Waals surface area contributed by atoms with Crippen LogP contribution in [0, 0.1) is 0 Å². The molecule has 122 valence electrons. The Bertz CT molecular complexity index is 753. The normalized spacial score (nSPS) is 19.5. The topological polar surface area (TPSA) is 65.8 Å². The molecular formula is C17H21N3O3. The Balaban J connectivity index is 1.72. The Kier molecular flexibility index (Phi) is 4.09. The van der Waals surface area contributed by atoms with Gasteiger partial charge < -0.3 is 14.6 Å². The van der Waals surface area contributed by atoms with Crippen molar-refractivity contribution in [1.29, 1.82) is 0 Å². The number of piperazine rings is 1. The highest BCUT2D eigenvalue weighted by molar-refractivity contribution is 5.85. The molecule has 1 N–H and O–H groups in total. The van der Waals surface area contributed by atoms with E-state index in [9.17, 15) is 9.59 Å². The van der Waals surface area contributed by atoms with Crippen molar-refractivity contribution in [1.82, 2.24) is 14.4 Å². The van der Waals surface area contributed by atoms with Crippen molar-refractivity contribution < 1.29 is 14.7 Å². The van der Waals surface area contributed by atoms with E-state index in [2.05, 4.69) is 33.7 Å². The zero-order chi connectivity index (χ0) is 16.6. The molecule has 0 radical (unpaired) electrons. The van der Waals surface area contributed by atoms with Crippen molar-refractivity contribution in [3.8, 4) is 0 Å². The smallest absolute Gasteiger partial charge is 0.323 e. The van der Waals surface area contributed by atoms with Crippen LogP contribution >= 0.6 is 0 Å². The van der Waals surface area contributed by atoms with E-state index in [1.807, 2.05) is 20.2 Å². The first-order valence-corrected chi connectivity index (χ1v) is 7.74. The number of carboxylic acid groups (broad SMARTS) is 1. The summed E-state index contributed by atoms with van der Waals surface area (Å²) < 4.78 is 2.08. The predicted octanol–water partition coefficient (Wildman–Crippen LogP) is 1.30. The van der Waals surface area contributed by atoms with Gasteiger partial charge in [-0.3, -0.25) is 14.5 Å². The van der Waals surface area contributed by atoms with E-state index in [0.717, 1.165) is 5.56 Å². The van der Waals surface area contributed by atoms with Crippen LogP contribution in [0.2, 0.25) is 0 Å². The van der Waals surface area contributed by atoms with E-state index >= 15 is 0 Å². The van der Waals surface area contributed by atoms with Crippen molar-refractivity contribution in [2.24, 2.45) is 7.05 Å². The Labute approximate surface area is 134 Å². The third-order valence-corrected chi connectivity index (χ3v) is 4.54. The molecule has 3 rings (SSSR count). The van der Waals surface area contributed by atoms with Crippen molar-refractivity contribution >= 4 is 22.8 Å². The van der Waals surface area contributed by atoms with Gasteiger partial charge in [-0.15, -0.1) is 0 Å². The number of hydrogen-bond donors (Lipinski definition) is 1. The second-order valence-electron chi connectivity index (χ2n) is 6.12. The Hall–Kier alpha value is -2.34. The number of carboxylic acids is 1. The number of aryl methyl sites for hydroxylation is 1. The molecule has 2 heterocycles. The number of carbonyl (C=O) groups is 2. The Morgan fingerprint density at radius 1 is 1.30 bits per heavy atom. The highest BCUT2D eigenvalue weighted by Gasteiger charge is 2.32.